The average molecular weight is 322 g/mol. The fourth-order valence-electron chi connectivity index (χ4n) is 2.27. The number of ether oxygens (including phenoxy) is 2. The van der Waals surface area contributed by atoms with Crippen molar-refractivity contribution >= 4 is 25.7 Å². The highest BCUT2D eigenvalue weighted by atomic mass is 35.7. The molecular formula is C12H16ClNO5S. The van der Waals surface area contributed by atoms with E-state index in [1.807, 2.05) is 0 Å². The first-order valence-corrected chi connectivity index (χ1v) is 8.58. The molecule has 20 heavy (non-hydrogen) atoms. The van der Waals surface area contributed by atoms with Gasteiger partial charge < -0.3 is 14.5 Å². The molecule has 1 aromatic rings. The Morgan fingerprint density at radius 1 is 1.40 bits per heavy atom. The lowest BCUT2D eigenvalue weighted by Gasteiger charge is -2.27. The van der Waals surface area contributed by atoms with Gasteiger partial charge in [0.15, 0.2) is 0 Å². The van der Waals surface area contributed by atoms with Crippen molar-refractivity contribution < 1.29 is 22.7 Å². The Bertz CT molecular complexity index is 582. The highest BCUT2D eigenvalue weighted by molar-refractivity contribution is 8.13. The summed E-state index contributed by atoms with van der Waals surface area (Å²) in [5.74, 6) is -0.585. The van der Waals surface area contributed by atoms with Crippen molar-refractivity contribution in [2.24, 2.45) is 0 Å². The molecule has 6 nitrogen and oxygen atoms in total. The normalized spacial score (nSPS) is 23.5. The lowest BCUT2D eigenvalue weighted by atomic mass is 9.95. The summed E-state index contributed by atoms with van der Waals surface area (Å²) in [6, 6.07) is 1.17. The number of H-pyrrole nitrogens is 1. The number of nitrogens with one attached hydrogen (secondary N) is 1. The molecule has 2 atom stereocenters. The molecule has 0 saturated heterocycles. The molecule has 1 aliphatic carbocycles. The minimum Gasteiger partial charge on any atom is -0.458 e. The predicted octanol–water partition coefficient (Wildman–Crippen LogP) is 2.06. The zero-order valence-electron chi connectivity index (χ0n) is 11.0. The number of halogens is 1. The molecule has 0 aromatic carbocycles. The maximum absolute atomic E-state index is 11.9. The van der Waals surface area contributed by atoms with Gasteiger partial charge in [-0.05, 0) is 25.3 Å². The third-order valence-corrected chi connectivity index (χ3v) is 4.68. The summed E-state index contributed by atoms with van der Waals surface area (Å²) in [6.45, 7) is 0. The van der Waals surface area contributed by atoms with Crippen LogP contribution in [0.3, 0.4) is 0 Å². The van der Waals surface area contributed by atoms with Crippen molar-refractivity contribution in [3.8, 4) is 0 Å². The molecule has 0 amide bonds. The van der Waals surface area contributed by atoms with Gasteiger partial charge in [0.05, 0.1) is 6.10 Å². The first-order chi connectivity index (χ1) is 9.40. The molecule has 1 heterocycles. The summed E-state index contributed by atoms with van der Waals surface area (Å²) in [7, 11) is 2.98. The molecular weight excluding hydrogens is 306 g/mol. The third-order valence-electron chi connectivity index (χ3n) is 3.34. The quantitative estimate of drug-likeness (QED) is 0.677. The fourth-order valence-corrected chi connectivity index (χ4v) is 3.00. The van der Waals surface area contributed by atoms with Crippen molar-refractivity contribution in [2.45, 2.75) is 42.8 Å². The van der Waals surface area contributed by atoms with Crippen LogP contribution in [-0.2, 0) is 18.5 Å². The van der Waals surface area contributed by atoms with Crippen LogP contribution >= 0.6 is 10.7 Å². The van der Waals surface area contributed by atoms with E-state index in [9.17, 15) is 13.2 Å². The molecule has 1 aliphatic rings. The second kappa shape index (κ2) is 6.15. The molecule has 8 heteroatoms. The van der Waals surface area contributed by atoms with Crippen molar-refractivity contribution in [1.29, 1.82) is 0 Å². The van der Waals surface area contributed by atoms with Crippen LogP contribution in [0, 0.1) is 0 Å². The zero-order valence-corrected chi connectivity index (χ0v) is 12.5. The second-order valence-corrected chi connectivity index (χ2v) is 7.30. The standard InChI is InChI=1S/C12H16ClNO5S/c1-18-8-3-2-4-9(5-8)19-12(15)11-6-10(7-14-11)20(13,16)17/h6-9,14H,2-5H2,1H3. The van der Waals surface area contributed by atoms with E-state index in [-0.39, 0.29) is 22.8 Å². The van der Waals surface area contributed by atoms with E-state index in [0.29, 0.717) is 6.42 Å². The smallest absolute Gasteiger partial charge is 0.355 e. The summed E-state index contributed by atoms with van der Waals surface area (Å²) in [6.07, 6.45) is 4.39. The van der Waals surface area contributed by atoms with E-state index in [1.54, 1.807) is 7.11 Å². The minimum absolute atomic E-state index is 0.0729. The van der Waals surface area contributed by atoms with Crippen LogP contribution in [-0.4, -0.2) is 38.7 Å². The van der Waals surface area contributed by atoms with E-state index in [0.717, 1.165) is 25.5 Å². The molecule has 0 bridgehead atoms. The molecule has 1 aromatic heterocycles. The van der Waals surface area contributed by atoms with Gasteiger partial charge in [-0.3, -0.25) is 0 Å². The third kappa shape index (κ3) is 3.74. The second-order valence-electron chi connectivity index (χ2n) is 4.74. The van der Waals surface area contributed by atoms with Crippen LogP contribution in [0.4, 0.5) is 0 Å². The van der Waals surface area contributed by atoms with Gasteiger partial charge >= 0.3 is 5.97 Å². The van der Waals surface area contributed by atoms with Crippen LogP contribution in [0.1, 0.15) is 36.2 Å². The molecule has 1 N–H and O–H groups in total. The fraction of sp³-hybridized carbons (Fsp3) is 0.583. The molecule has 2 rings (SSSR count). The van der Waals surface area contributed by atoms with Crippen LogP contribution in [0.5, 0.6) is 0 Å². The Balaban J connectivity index is 2.00. The van der Waals surface area contributed by atoms with Gasteiger partial charge in [0.25, 0.3) is 9.05 Å². The minimum atomic E-state index is -3.85. The Labute approximate surface area is 121 Å². The van der Waals surface area contributed by atoms with Crippen molar-refractivity contribution in [3.63, 3.8) is 0 Å². The Morgan fingerprint density at radius 2 is 2.10 bits per heavy atom. The van der Waals surface area contributed by atoms with Gasteiger partial charge in [-0.2, -0.15) is 0 Å². The van der Waals surface area contributed by atoms with Crippen LogP contribution < -0.4 is 0 Å². The number of aromatic amines is 1. The van der Waals surface area contributed by atoms with E-state index in [1.165, 1.54) is 6.07 Å². The summed E-state index contributed by atoms with van der Waals surface area (Å²) in [5, 5.41) is 0. The van der Waals surface area contributed by atoms with Gasteiger partial charge in [-0.25, -0.2) is 13.2 Å². The Hall–Kier alpha value is -1.05. The number of aromatic nitrogens is 1. The average Bonchev–Trinajstić information content (AvgIpc) is 2.88. The highest BCUT2D eigenvalue weighted by Crippen LogP contribution is 2.24. The monoisotopic (exact) mass is 321 g/mol. The molecule has 112 valence electrons. The van der Waals surface area contributed by atoms with Crippen molar-refractivity contribution in [2.75, 3.05) is 7.11 Å². The summed E-state index contributed by atoms with van der Waals surface area (Å²) in [5.41, 5.74) is 0.0729. The molecule has 0 spiro atoms. The lowest BCUT2D eigenvalue weighted by Crippen LogP contribution is -2.29. The number of hydrogen-bond donors (Lipinski definition) is 1. The van der Waals surface area contributed by atoms with Gasteiger partial charge in [-0.15, -0.1) is 0 Å². The number of carbonyl (C=O) groups is 1. The van der Waals surface area contributed by atoms with E-state index >= 15 is 0 Å². The predicted molar refractivity (Wildman–Crippen MR) is 72.3 cm³/mol. The molecule has 2 unspecified atom stereocenters. The Kier molecular flexibility index (Phi) is 4.72. The zero-order chi connectivity index (χ0) is 14.8. The van der Waals surface area contributed by atoms with E-state index in [2.05, 4.69) is 4.98 Å². The first kappa shape index (κ1) is 15.3. The molecule has 1 saturated carbocycles. The van der Waals surface area contributed by atoms with Gasteiger partial charge in [0.1, 0.15) is 16.7 Å². The Morgan fingerprint density at radius 3 is 2.70 bits per heavy atom. The first-order valence-electron chi connectivity index (χ1n) is 6.27. The summed E-state index contributed by atoms with van der Waals surface area (Å²) in [4.78, 5) is 14.3. The highest BCUT2D eigenvalue weighted by Gasteiger charge is 2.26. The topological polar surface area (TPSA) is 85.5 Å². The number of rotatable bonds is 4. The summed E-state index contributed by atoms with van der Waals surface area (Å²) >= 11 is 0. The van der Waals surface area contributed by atoms with Crippen molar-refractivity contribution in [3.05, 3.63) is 18.0 Å². The molecule has 0 radical (unpaired) electrons. The number of methoxy groups -OCH3 is 1. The SMILES string of the molecule is COC1CCCC(OC(=O)c2cc(S(=O)(=O)Cl)c[nH]2)C1. The van der Waals surface area contributed by atoms with Gasteiger partial charge in [0, 0.05) is 30.4 Å². The van der Waals surface area contributed by atoms with Gasteiger partial charge in [-0.1, -0.05) is 0 Å². The number of hydrogen-bond acceptors (Lipinski definition) is 5. The van der Waals surface area contributed by atoms with Gasteiger partial charge in [0.2, 0.25) is 0 Å². The van der Waals surface area contributed by atoms with E-state index < -0.39 is 15.0 Å². The maximum atomic E-state index is 11.9. The summed E-state index contributed by atoms with van der Waals surface area (Å²) < 4.78 is 32.8. The van der Waals surface area contributed by atoms with Crippen LogP contribution in [0.2, 0.25) is 0 Å². The van der Waals surface area contributed by atoms with Crippen LogP contribution in [0.15, 0.2) is 17.2 Å². The molecule has 1 fully saturated rings. The lowest BCUT2D eigenvalue weighted by molar-refractivity contribution is -0.0152. The van der Waals surface area contributed by atoms with Crippen molar-refractivity contribution in [1.82, 2.24) is 4.98 Å². The largest absolute Gasteiger partial charge is 0.458 e. The van der Waals surface area contributed by atoms with E-state index in [4.69, 9.17) is 20.2 Å². The number of esters is 1. The molecule has 0 aliphatic heterocycles. The number of carbonyl (C=O) groups excluding carboxylic acids is 1. The maximum Gasteiger partial charge on any atom is 0.355 e. The van der Waals surface area contributed by atoms with Crippen LogP contribution in [0.25, 0.3) is 0 Å².